The van der Waals surface area contributed by atoms with Crippen LogP contribution in [-0.2, 0) is 9.47 Å². The first kappa shape index (κ1) is 13.2. The van der Waals surface area contributed by atoms with Gasteiger partial charge in [0.2, 0.25) is 0 Å². The van der Waals surface area contributed by atoms with E-state index in [9.17, 15) is 4.79 Å². The van der Waals surface area contributed by atoms with Crippen LogP contribution >= 0.6 is 0 Å². The lowest BCUT2D eigenvalue weighted by molar-refractivity contribution is 0.0621. The highest BCUT2D eigenvalue weighted by atomic mass is 16.5. The first-order valence-electron chi connectivity index (χ1n) is 5.99. The molecule has 0 aliphatic carbocycles. The number of methoxy groups -OCH3 is 1. The Labute approximate surface area is 112 Å². The van der Waals surface area contributed by atoms with Crippen molar-refractivity contribution in [2.75, 3.05) is 13.7 Å². The van der Waals surface area contributed by atoms with Crippen molar-refractivity contribution >= 4 is 5.97 Å². The normalized spacial score (nSPS) is 14.6. The Balaban J connectivity index is 2.11. The van der Waals surface area contributed by atoms with Crippen LogP contribution in [-0.4, -0.2) is 19.7 Å². The van der Waals surface area contributed by atoms with Crippen molar-refractivity contribution in [2.45, 2.75) is 13.8 Å². The number of rotatable bonds is 3. The van der Waals surface area contributed by atoms with Gasteiger partial charge in [-0.15, -0.1) is 0 Å². The van der Waals surface area contributed by atoms with Crippen molar-refractivity contribution < 1.29 is 19.0 Å². The molecule has 4 heteroatoms. The van der Waals surface area contributed by atoms with Gasteiger partial charge >= 0.3 is 5.97 Å². The quantitative estimate of drug-likeness (QED) is 0.783. The molecule has 0 N–H and O–H groups in total. The van der Waals surface area contributed by atoms with Gasteiger partial charge in [0.1, 0.15) is 18.1 Å². The fraction of sp³-hybridized carbons (Fsp3) is 0.267. The van der Waals surface area contributed by atoms with E-state index in [2.05, 4.69) is 0 Å². The largest absolute Gasteiger partial charge is 0.497 e. The lowest BCUT2D eigenvalue weighted by atomic mass is 10.1. The van der Waals surface area contributed by atoms with Gasteiger partial charge in [-0.25, -0.2) is 4.79 Å². The van der Waals surface area contributed by atoms with Crippen LogP contribution in [0.4, 0.5) is 0 Å². The predicted molar refractivity (Wildman–Crippen MR) is 70.8 cm³/mol. The van der Waals surface area contributed by atoms with Crippen molar-refractivity contribution in [3.05, 3.63) is 53.0 Å². The molecule has 0 fully saturated rings. The standard InChI is InChI=1S/C15H16O4/c1-10-11(2)18-9-8-14(10)19-15(16)12-4-6-13(17-3)7-5-12/h4-8H,9H2,1-3H3. The summed E-state index contributed by atoms with van der Waals surface area (Å²) in [6.07, 6.45) is 1.75. The summed E-state index contributed by atoms with van der Waals surface area (Å²) in [7, 11) is 1.58. The lowest BCUT2D eigenvalue weighted by Gasteiger charge is -2.17. The summed E-state index contributed by atoms with van der Waals surface area (Å²) >= 11 is 0. The van der Waals surface area contributed by atoms with E-state index in [0.29, 0.717) is 23.7 Å². The lowest BCUT2D eigenvalue weighted by Crippen LogP contribution is -2.11. The molecule has 0 amide bonds. The van der Waals surface area contributed by atoms with E-state index >= 15 is 0 Å². The molecule has 0 saturated heterocycles. The second-order valence-corrected chi connectivity index (χ2v) is 4.18. The summed E-state index contributed by atoms with van der Waals surface area (Å²) in [5.74, 6) is 1.65. The monoisotopic (exact) mass is 260 g/mol. The molecule has 0 radical (unpaired) electrons. The number of ether oxygens (including phenoxy) is 3. The summed E-state index contributed by atoms with van der Waals surface area (Å²) in [6.45, 7) is 4.14. The number of hydrogen-bond donors (Lipinski definition) is 0. The van der Waals surface area contributed by atoms with Crippen molar-refractivity contribution in [1.29, 1.82) is 0 Å². The maximum Gasteiger partial charge on any atom is 0.343 e. The first-order chi connectivity index (χ1) is 9.11. The van der Waals surface area contributed by atoms with Crippen LogP contribution < -0.4 is 4.74 Å². The maximum atomic E-state index is 12.0. The van der Waals surface area contributed by atoms with E-state index in [1.165, 1.54) is 0 Å². The minimum Gasteiger partial charge on any atom is -0.497 e. The molecule has 1 heterocycles. The minimum absolute atomic E-state index is 0.386. The third-order valence-electron chi connectivity index (χ3n) is 2.99. The summed E-state index contributed by atoms with van der Waals surface area (Å²) in [4.78, 5) is 12.0. The molecule has 0 bridgehead atoms. The zero-order valence-corrected chi connectivity index (χ0v) is 11.2. The van der Waals surface area contributed by atoms with Crippen molar-refractivity contribution in [1.82, 2.24) is 0 Å². The molecule has 1 aromatic carbocycles. The summed E-state index contributed by atoms with van der Waals surface area (Å²) in [5, 5.41) is 0. The van der Waals surface area contributed by atoms with Gasteiger partial charge in [-0.2, -0.15) is 0 Å². The molecular formula is C15H16O4. The van der Waals surface area contributed by atoms with Crippen LogP contribution in [0.25, 0.3) is 0 Å². The number of hydrogen-bond acceptors (Lipinski definition) is 4. The topological polar surface area (TPSA) is 44.8 Å². The Hall–Kier alpha value is -2.23. The van der Waals surface area contributed by atoms with Crippen molar-refractivity contribution in [3.63, 3.8) is 0 Å². The van der Waals surface area contributed by atoms with E-state index in [1.54, 1.807) is 37.5 Å². The fourth-order valence-electron chi connectivity index (χ4n) is 1.68. The molecule has 0 saturated carbocycles. The van der Waals surface area contributed by atoms with Gasteiger partial charge in [0.05, 0.1) is 18.4 Å². The number of benzene rings is 1. The number of carbonyl (C=O) groups excluding carboxylic acids is 1. The molecule has 0 atom stereocenters. The van der Waals surface area contributed by atoms with Crippen LogP contribution in [0.2, 0.25) is 0 Å². The van der Waals surface area contributed by atoms with Gasteiger partial charge in [-0.3, -0.25) is 0 Å². The van der Waals surface area contributed by atoms with E-state index in [-0.39, 0.29) is 5.97 Å². The van der Waals surface area contributed by atoms with Crippen LogP contribution in [0.15, 0.2) is 47.4 Å². The number of allylic oxidation sites excluding steroid dienone is 2. The SMILES string of the molecule is COc1ccc(C(=O)OC2=CCOC(C)=C2C)cc1. The molecule has 1 aromatic rings. The highest BCUT2D eigenvalue weighted by Gasteiger charge is 2.16. The molecule has 1 aliphatic rings. The zero-order chi connectivity index (χ0) is 13.8. The molecule has 19 heavy (non-hydrogen) atoms. The van der Waals surface area contributed by atoms with E-state index in [4.69, 9.17) is 14.2 Å². The van der Waals surface area contributed by atoms with E-state index < -0.39 is 0 Å². The van der Waals surface area contributed by atoms with Crippen LogP contribution in [0, 0.1) is 0 Å². The van der Waals surface area contributed by atoms with Crippen LogP contribution in [0.3, 0.4) is 0 Å². The Morgan fingerprint density at radius 1 is 1.21 bits per heavy atom. The number of carbonyl (C=O) groups is 1. The Kier molecular flexibility index (Phi) is 3.90. The Bertz CT molecular complexity index is 538. The van der Waals surface area contributed by atoms with Crippen molar-refractivity contribution in [2.24, 2.45) is 0 Å². The summed E-state index contributed by atoms with van der Waals surface area (Å²) in [6, 6.07) is 6.80. The van der Waals surface area contributed by atoms with Gasteiger partial charge in [0.15, 0.2) is 0 Å². The van der Waals surface area contributed by atoms with Gasteiger partial charge in [-0.1, -0.05) is 0 Å². The van der Waals surface area contributed by atoms with Gasteiger partial charge < -0.3 is 14.2 Å². The highest BCUT2D eigenvalue weighted by Crippen LogP contribution is 2.22. The molecule has 0 spiro atoms. The average molecular weight is 260 g/mol. The number of esters is 1. The molecule has 0 aromatic heterocycles. The van der Waals surface area contributed by atoms with Crippen LogP contribution in [0.1, 0.15) is 24.2 Å². The molecule has 4 nitrogen and oxygen atoms in total. The second kappa shape index (κ2) is 5.61. The molecular weight excluding hydrogens is 244 g/mol. The molecule has 100 valence electrons. The molecule has 0 unspecified atom stereocenters. The fourth-order valence-corrected chi connectivity index (χ4v) is 1.68. The summed E-state index contributed by atoms with van der Waals surface area (Å²) in [5.41, 5.74) is 1.33. The maximum absolute atomic E-state index is 12.0. The summed E-state index contributed by atoms with van der Waals surface area (Å²) < 4.78 is 15.8. The Morgan fingerprint density at radius 3 is 2.53 bits per heavy atom. The Morgan fingerprint density at radius 2 is 1.89 bits per heavy atom. The highest BCUT2D eigenvalue weighted by molar-refractivity contribution is 5.90. The first-order valence-corrected chi connectivity index (χ1v) is 5.99. The van der Waals surface area contributed by atoms with Gasteiger partial charge in [0.25, 0.3) is 0 Å². The average Bonchev–Trinajstić information content (AvgIpc) is 2.44. The third kappa shape index (κ3) is 2.96. The second-order valence-electron chi connectivity index (χ2n) is 4.18. The minimum atomic E-state index is -0.386. The van der Waals surface area contributed by atoms with Gasteiger partial charge in [0, 0.05) is 5.57 Å². The van der Waals surface area contributed by atoms with Crippen LogP contribution in [0.5, 0.6) is 5.75 Å². The van der Waals surface area contributed by atoms with Gasteiger partial charge in [-0.05, 0) is 44.2 Å². The smallest absolute Gasteiger partial charge is 0.343 e. The molecule has 2 rings (SSSR count). The predicted octanol–water partition coefficient (Wildman–Crippen LogP) is 3.06. The van der Waals surface area contributed by atoms with E-state index in [1.807, 2.05) is 13.8 Å². The van der Waals surface area contributed by atoms with Crippen molar-refractivity contribution in [3.8, 4) is 5.75 Å². The zero-order valence-electron chi connectivity index (χ0n) is 11.2. The third-order valence-corrected chi connectivity index (χ3v) is 2.99. The van der Waals surface area contributed by atoms with E-state index in [0.717, 1.165) is 11.3 Å². The molecule has 1 aliphatic heterocycles.